The first-order valence-electron chi connectivity index (χ1n) is 14.3. The summed E-state index contributed by atoms with van der Waals surface area (Å²) in [4.78, 5) is 16.6. The van der Waals surface area contributed by atoms with Crippen LogP contribution in [0.2, 0.25) is 0 Å². The molecule has 0 unspecified atom stereocenters. The van der Waals surface area contributed by atoms with Crippen molar-refractivity contribution in [2.24, 2.45) is 11.8 Å². The molecular weight excluding hydrogens is 659 g/mol. The Morgan fingerprint density at radius 1 is 0.923 bits per heavy atom. The van der Waals surface area contributed by atoms with Crippen LogP contribution in [-0.2, 0) is 37.7 Å². The van der Waals surface area contributed by atoms with Gasteiger partial charge in [-0.3, -0.25) is 4.79 Å². The van der Waals surface area contributed by atoms with E-state index in [1.54, 1.807) is 0 Å². The second-order valence-corrected chi connectivity index (χ2v) is 11.4. The van der Waals surface area contributed by atoms with Crippen LogP contribution in [0.15, 0.2) is 48.4 Å². The Morgan fingerprint density at radius 3 is 2.23 bits per heavy atom. The molecule has 211 valence electrons. The van der Waals surface area contributed by atoms with Gasteiger partial charge in [0.05, 0.1) is 5.76 Å². The van der Waals surface area contributed by atoms with Crippen LogP contribution in [0.25, 0.3) is 22.0 Å². The number of benzene rings is 2. The van der Waals surface area contributed by atoms with Gasteiger partial charge >= 0.3 is 0 Å². The Labute approximate surface area is 248 Å². The van der Waals surface area contributed by atoms with Gasteiger partial charge in [-0.2, -0.15) is 0 Å². The van der Waals surface area contributed by atoms with Gasteiger partial charge in [0.2, 0.25) is 0 Å². The van der Waals surface area contributed by atoms with Crippen LogP contribution < -0.4 is 0 Å². The Morgan fingerprint density at radius 2 is 1.56 bits per heavy atom. The Bertz CT molecular complexity index is 1270. The first-order valence-corrected chi connectivity index (χ1v) is 14.3. The number of aliphatic hydroxyl groups excluding tert-OH is 1. The van der Waals surface area contributed by atoms with Gasteiger partial charge < -0.3 is 10.1 Å². The summed E-state index contributed by atoms with van der Waals surface area (Å²) >= 11 is 0. The number of hydrogen-bond donors (Lipinski definition) is 1. The molecule has 0 aliphatic heterocycles. The molecule has 3 aromatic rings. The second-order valence-electron chi connectivity index (χ2n) is 11.4. The van der Waals surface area contributed by atoms with Gasteiger partial charge in [-0.1, -0.05) is 65.2 Å². The monoisotopic (exact) mass is 703 g/mol. The molecule has 0 saturated heterocycles. The van der Waals surface area contributed by atoms with E-state index in [0.717, 1.165) is 43.4 Å². The number of carbonyl (C=O) groups is 1. The van der Waals surface area contributed by atoms with Crippen molar-refractivity contribution in [1.82, 2.24) is 4.98 Å². The summed E-state index contributed by atoms with van der Waals surface area (Å²) in [6.45, 7) is 4.24. The van der Waals surface area contributed by atoms with Crippen molar-refractivity contribution in [2.75, 3.05) is 0 Å². The summed E-state index contributed by atoms with van der Waals surface area (Å²) in [7, 11) is 0. The molecule has 3 aliphatic rings. The van der Waals surface area contributed by atoms with Gasteiger partial charge in [0.25, 0.3) is 0 Å². The molecule has 1 aromatic heterocycles. The van der Waals surface area contributed by atoms with E-state index in [4.69, 9.17) is 4.98 Å². The van der Waals surface area contributed by atoms with Crippen molar-refractivity contribution >= 4 is 16.6 Å². The average Bonchev–Trinajstić information content (AvgIpc) is 3.58. The van der Waals surface area contributed by atoms with Crippen LogP contribution >= 0.6 is 0 Å². The van der Waals surface area contributed by atoms with Crippen LogP contribution in [0.4, 0.5) is 0 Å². The molecule has 2 fully saturated rings. The predicted molar refractivity (Wildman–Crippen MR) is 158 cm³/mol. The zero-order valence-electron chi connectivity index (χ0n) is 22.8. The second kappa shape index (κ2) is 14.4. The number of carbonyl (C=O) groups excluding carboxylic acids is 1. The van der Waals surface area contributed by atoms with Crippen molar-refractivity contribution in [2.45, 2.75) is 98.3 Å². The zero-order valence-corrected chi connectivity index (χ0v) is 25.2. The van der Waals surface area contributed by atoms with Crippen LogP contribution in [-0.4, -0.2) is 15.9 Å². The molecule has 1 radical (unpaired) electrons. The third kappa shape index (κ3) is 7.47. The van der Waals surface area contributed by atoms with Crippen LogP contribution in [0.3, 0.4) is 0 Å². The quantitative estimate of drug-likeness (QED) is 0.168. The van der Waals surface area contributed by atoms with Crippen LogP contribution in [0, 0.1) is 31.7 Å². The number of nitrogens with zero attached hydrogens (tertiary/aromatic N) is 1. The van der Waals surface area contributed by atoms with Crippen LogP contribution in [0.5, 0.6) is 0 Å². The van der Waals surface area contributed by atoms with Crippen LogP contribution in [0.1, 0.15) is 93.9 Å². The third-order valence-electron chi connectivity index (χ3n) is 8.44. The summed E-state index contributed by atoms with van der Waals surface area (Å²) in [5.41, 5.74) is 7.54. The van der Waals surface area contributed by atoms with E-state index in [-0.39, 0.29) is 45.2 Å². The molecule has 0 amide bonds. The molecule has 2 aromatic carbocycles. The average molecular weight is 703 g/mol. The van der Waals surface area contributed by atoms with E-state index in [2.05, 4.69) is 56.4 Å². The summed E-state index contributed by atoms with van der Waals surface area (Å²) in [5.74, 6) is 0.991. The first kappa shape index (κ1) is 31.2. The van der Waals surface area contributed by atoms with E-state index in [1.807, 2.05) is 0 Å². The predicted octanol–water partition coefficient (Wildman–Crippen LogP) is 9.21. The zero-order chi connectivity index (χ0) is 25.8. The maximum absolute atomic E-state index is 11.8. The number of aromatic nitrogens is 1. The molecule has 39 heavy (non-hydrogen) atoms. The fourth-order valence-electron chi connectivity index (χ4n) is 6.53. The third-order valence-corrected chi connectivity index (χ3v) is 8.44. The Kier molecular flexibility index (Phi) is 11.5. The Hall–Kier alpha value is -2.29. The van der Waals surface area contributed by atoms with E-state index in [1.165, 1.54) is 84.0 Å². The maximum atomic E-state index is 11.8. The number of allylic oxidation sites excluding steroid dienone is 2. The molecule has 0 bridgehead atoms. The molecular formula is C35H44IrNO2-. The molecule has 3 nitrogen and oxygen atoms in total. The van der Waals surface area contributed by atoms with Gasteiger partial charge in [0.15, 0.2) is 5.78 Å². The minimum Gasteiger partial charge on any atom is -0.512 e. The number of ketones is 1. The normalized spacial score (nSPS) is 17.5. The van der Waals surface area contributed by atoms with Gasteiger partial charge in [-0.15, -0.1) is 34.9 Å². The van der Waals surface area contributed by atoms with E-state index in [9.17, 15) is 9.90 Å². The van der Waals surface area contributed by atoms with Crippen molar-refractivity contribution in [3.8, 4) is 11.3 Å². The molecule has 6 rings (SSSR count). The minimum absolute atomic E-state index is 0. The fraction of sp³-hybridized carbons (Fsp3) is 0.486. The van der Waals surface area contributed by atoms with Gasteiger partial charge in [0.1, 0.15) is 0 Å². The standard InChI is InChI=1S/C21H20N.C13H20O2.CH4.Ir/c1-14-10-15(2)12-18(11-14)21-19-9-5-8-16-6-3-4-7-17(13-22-21)20(16)19;14-12(10-5-1-2-6-10)9-13(15)11-7-3-4-8-11;;/h5,8-11,13H,3-4,6-7H2,1-2H3;9-11,14H,1-8H2;1H4;/q-1;;;. The number of rotatable bonds is 4. The number of aryl methyl sites for hydroxylation is 4. The summed E-state index contributed by atoms with van der Waals surface area (Å²) in [6.07, 6.45) is 17.4. The van der Waals surface area contributed by atoms with E-state index >= 15 is 0 Å². The molecule has 4 heteroatoms. The number of aliphatic hydroxyl groups is 1. The summed E-state index contributed by atoms with van der Waals surface area (Å²) in [5, 5.41) is 12.6. The molecule has 3 aliphatic carbocycles. The number of pyridine rings is 1. The van der Waals surface area contributed by atoms with Gasteiger partial charge in [0, 0.05) is 44.2 Å². The first-order chi connectivity index (χ1) is 18.0. The molecule has 1 heterocycles. The fourth-order valence-corrected chi connectivity index (χ4v) is 6.53. The summed E-state index contributed by atoms with van der Waals surface area (Å²) < 4.78 is 0. The van der Waals surface area contributed by atoms with Gasteiger partial charge in [-0.05, 0) is 79.0 Å². The van der Waals surface area contributed by atoms with Crippen molar-refractivity contribution < 1.29 is 30.0 Å². The van der Waals surface area contributed by atoms with Gasteiger partial charge in [-0.25, -0.2) is 0 Å². The largest absolute Gasteiger partial charge is 0.512 e. The molecule has 0 atom stereocenters. The summed E-state index contributed by atoms with van der Waals surface area (Å²) in [6, 6.07) is 14.5. The topological polar surface area (TPSA) is 50.2 Å². The van der Waals surface area contributed by atoms with E-state index in [0.29, 0.717) is 5.76 Å². The molecule has 2 saturated carbocycles. The smallest absolute Gasteiger partial charge is 0.162 e. The maximum Gasteiger partial charge on any atom is 0.162 e. The number of hydrogen-bond acceptors (Lipinski definition) is 3. The Balaban J connectivity index is 0.000000219. The van der Waals surface area contributed by atoms with Crippen molar-refractivity contribution in [3.63, 3.8) is 0 Å². The molecule has 0 spiro atoms. The van der Waals surface area contributed by atoms with Crippen molar-refractivity contribution in [3.05, 3.63) is 76.7 Å². The molecule has 1 N–H and O–H groups in total. The van der Waals surface area contributed by atoms with Crippen molar-refractivity contribution in [1.29, 1.82) is 0 Å². The van der Waals surface area contributed by atoms with E-state index < -0.39 is 0 Å². The SMILES string of the molecule is C.Cc1[c-]c(-c2ncc3c4c(cccc24)CCCC3)cc(C)c1.O=C(C=C(O)C1CCCC1)C1CCCC1.[Ir]. The minimum atomic E-state index is 0.